The van der Waals surface area contributed by atoms with Crippen LogP contribution in [0, 0.1) is 0 Å². The van der Waals surface area contributed by atoms with Gasteiger partial charge in [-0.1, -0.05) is 8.60 Å². The maximum Gasteiger partial charge on any atom is 2.00 e. The second-order valence-corrected chi connectivity index (χ2v) is 2.85. The topological polar surface area (TPSA) is 64.6 Å². The Kier molecular flexibility index (Phi) is 24.2. The van der Waals surface area contributed by atoms with Crippen LogP contribution in [0.2, 0.25) is 0 Å². The van der Waals surface area contributed by atoms with E-state index in [1.165, 1.54) is 12.1 Å². The molecule has 1 rings (SSSR count). The molecule has 1 aromatic rings. The van der Waals surface area contributed by atoms with E-state index in [4.69, 9.17) is 4.74 Å². The molecule has 0 radical (unpaired) electrons. The van der Waals surface area contributed by atoms with E-state index < -0.39 is 8.60 Å². The van der Waals surface area contributed by atoms with Crippen molar-refractivity contribution >= 4 is 54.7 Å². The molecular weight excluding hydrogens is 311 g/mol. The Bertz CT molecular complexity index is 264. The number of rotatable bonds is 4. The summed E-state index contributed by atoms with van der Waals surface area (Å²) in [6.45, 7) is 2.45. The average Bonchev–Trinajstić information content (AvgIpc) is 2.08. The van der Waals surface area contributed by atoms with E-state index in [-0.39, 0.29) is 70.9 Å². The van der Waals surface area contributed by atoms with Crippen molar-refractivity contribution in [2.75, 3.05) is 6.61 Å². The van der Waals surface area contributed by atoms with Crippen LogP contribution in [0.25, 0.3) is 0 Å². The van der Waals surface area contributed by atoms with Gasteiger partial charge in [0.15, 0.2) is 0 Å². The second kappa shape index (κ2) is 15.3. The molecule has 0 spiro atoms. The first-order valence-electron chi connectivity index (χ1n) is 3.77. The van der Waals surface area contributed by atoms with Crippen LogP contribution >= 0.6 is 8.60 Å². The van der Waals surface area contributed by atoms with Crippen LogP contribution in [0.4, 0.5) is 0 Å². The van der Waals surface area contributed by atoms with E-state index in [1.807, 2.05) is 6.92 Å². The van der Waals surface area contributed by atoms with Crippen molar-refractivity contribution < 1.29 is 43.9 Å². The Morgan fingerprint density at radius 3 is 1.76 bits per heavy atom. The van der Waals surface area contributed by atoms with Crippen molar-refractivity contribution in [1.82, 2.24) is 0 Å². The minimum absolute atomic E-state index is 0. The third-order valence-electron chi connectivity index (χ3n) is 1.31. The zero-order valence-corrected chi connectivity index (χ0v) is 14.5. The van der Waals surface area contributed by atoms with E-state index in [0.717, 1.165) is 0 Å². The van der Waals surface area contributed by atoms with Gasteiger partial charge in [-0.15, -0.1) is 0 Å². The third kappa shape index (κ3) is 12.1. The number of hydrogen-bond acceptors (Lipinski definition) is 4. The van der Waals surface area contributed by atoms with Gasteiger partial charge in [-0.25, -0.2) is 0 Å². The zero-order valence-electron chi connectivity index (χ0n) is 9.27. The number of ether oxygens (including phenoxy) is 1. The van der Waals surface area contributed by atoms with Gasteiger partial charge in [0, 0.05) is 0 Å². The van der Waals surface area contributed by atoms with Gasteiger partial charge in [0.1, 0.15) is 11.5 Å². The normalized spacial score (nSPS) is 7.76. The van der Waals surface area contributed by atoms with Crippen molar-refractivity contribution in [2.24, 2.45) is 0 Å². The van der Waals surface area contributed by atoms with Crippen LogP contribution in [0.5, 0.6) is 11.5 Å². The molecule has 0 saturated carbocycles. The van der Waals surface area contributed by atoms with Gasteiger partial charge in [-0.3, -0.25) is 0 Å². The van der Waals surface area contributed by atoms with E-state index >= 15 is 0 Å². The van der Waals surface area contributed by atoms with Gasteiger partial charge in [-0.2, -0.15) is 0 Å². The molecule has 0 aliphatic heterocycles. The molecule has 0 unspecified atom stereocenters. The Balaban J connectivity index is -0.000000211. The molecule has 0 N–H and O–H groups in total. The molecule has 0 heterocycles. The van der Waals surface area contributed by atoms with Crippen molar-refractivity contribution in [3.05, 3.63) is 24.3 Å². The summed E-state index contributed by atoms with van der Waals surface area (Å²) in [7, 11) is -2.84. The molecule has 1 aromatic carbocycles. The molecular formula is C8H9Cl2Mg2O4P. The molecule has 0 saturated heterocycles. The number of benzene rings is 1. The average molecular weight is 320 g/mol. The van der Waals surface area contributed by atoms with E-state index in [9.17, 15) is 9.79 Å². The molecule has 17 heavy (non-hydrogen) atoms. The van der Waals surface area contributed by atoms with Gasteiger partial charge in [-0.05, 0) is 31.2 Å². The van der Waals surface area contributed by atoms with Gasteiger partial charge < -0.3 is 43.9 Å². The minimum Gasteiger partial charge on any atom is -1.00 e. The summed E-state index contributed by atoms with van der Waals surface area (Å²) in [5.74, 6) is 0.982. The van der Waals surface area contributed by atoms with Crippen LogP contribution in [0.15, 0.2) is 24.3 Å². The van der Waals surface area contributed by atoms with Crippen molar-refractivity contribution in [1.29, 1.82) is 0 Å². The molecule has 4 nitrogen and oxygen atoms in total. The van der Waals surface area contributed by atoms with Gasteiger partial charge in [0.2, 0.25) is 0 Å². The first kappa shape index (κ1) is 26.8. The summed E-state index contributed by atoms with van der Waals surface area (Å²) >= 11 is 0. The van der Waals surface area contributed by atoms with Crippen LogP contribution in [0.1, 0.15) is 6.92 Å². The predicted octanol–water partition coefficient (Wildman–Crippen LogP) is -6.34. The van der Waals surface area contributed by atoms with Crippen LogP contribution in [-0.2, 0) is 0 Å². The van der Waals surface area contributed by atoms with Crippen LogP contribution in [0.3, 0.4) is 0 Å². The minimum atomic E-state index is -2.84. The molecule has 0 fully saturated rings. The van der Waals surface area contributed by atoms with Crippen molar-refractivity contribution in [3.63, 3.8) is 0 Å². The fraction of sp³-hybridized carbons (Fsp3) is 0.250. The molecule has 0 aromatic heterocycles. The third-order valence-corrected chi connectivity index (χ3v) is 1.67. The Morgan fingerprint density at radius 1 is 1.00 bits per heavy atom. The smallest absolute Gasteiger partial charge is 1.00 e. The van der Waals surface area contributed by atoms with Crippen molar-refractivity contribution in [3.8, 4) is 11.5 Å². The molecule has 0 atom stereocenters. The Labute approximate surface area is 147 Å². The summed E-state index contributed by atoms with van der Waals surface area (Å²) in [6, 6.07) is 6.38. The largest absolute Gasteiger partial charge is 2.00 e. The maximum absolute atomic E-state index is 10.2. The summed E-state index contributed by atoms with van der Waals surface area (Å²) in [6.07, 6.45) is 0. The number of halogens is 2. The van der Waals surface area contributed by atoms with E-state index in [1.54, 1.807) is 12.1 Å². The zero-order chi connectivity index (χ0) is 9.68. The van der Waals surface area contributed by atoms with Gasteiger partial charge in [0.05, 0.1) is 6.61 Å². The summed E-state index contributed by atoms with van der Waals surface area (Å²) in [4.78, 5) is 20.3. The molecule has 0 aliphatic carbocycles. The summed E-state index contributed by atoms with van der Waals surface area (Å²) in [5.41, 5.74) is 0. The standard InChI is InChI=1S/C8H9O4P.2ClH.2Mg/c1-2-11-7-3-5-8(6-4-7)12-13(9)10;;;;/h3-6H,2H2,1H3;2*1H;;/q-2;;;2*+2/p-2. The van der Waals surface area contributed by atoms with Gasteiger partial charge >= 0.3 is 46.1 Å². The maximum atomic E-state index is 10.2. The Hall–Kier alpha value is 1.28. The monoisotopic (exact) mass is 318 g/mol. The summed E-state index contributed by atoms with van der Waals surface area (Å²) < 4.78 is 9.60. The van der Waals surface area contributed by atoms with Crippen LogP contribution in [-0.4, -0.2) is 52.7 Å². The van der Waals surface area contributed by atoms with Crippen LogP contribution < -0.4 is 43.9 Å². The Morgan fingerprint density at radius 2 is 1.41 bits per heavy atom. The molecule has 0 aliphatic rings. The van der Waals surface area contributed by atoms with Crippen molar-refractivity contribution in [2.45, 2.75) is 6.92 Å². The van der Waals surface area contributed by atoms with E-state index in [0.29, 0.717) is 18.1 Å². The molecule has 9 heteroatoms. The fourth-order valence-corrected chi connectivity index (χ4v) is 1.14. The number of hydrogen-bond donors (Lipinski definition) is 0. The second-order valence-electron chi connectivity index (χ2n) is 2.22. The summed E-state index contributed by atoms with van der Waals surface area (Å²) in [5, 5.41) is 0. The molecule has 0 amide bonds. The molecule has 0 bridgehead atoms. The quantitative estimate of drug-likeness (QED) is 0.409. The van der Waals surface area contributed by atoms with E-state index in [2.05, 4.69) is 4.52 Å². The predicted molar refractivity (Wildman–Crippen MR) is 56.7 cm³/mol. The first-order valence-corrected chi connectivity index (χ1v) is 4.87. The fourth-order valence-electron chi connectivity index (χ4n) is 0.849. The van der Waals surface area contributed by atoms with Gasteiger partial charge in [0.25, 0.3) is 0 Å². The first-order chi connectivity index (χ1) is 6.22. The molecule has 88 valence electrons. The SMILES string of the molecule is CCOc1ccc(OP([O-])[O-])cc1.[Cl-].[Cl-].[Mg+2].[Mg+2].